The third-order valence-corrected chi connectivity index (χ3v) is 5.56. The zero-order chi connectivity index (χ0) is 18.1. The Hall–Kier alpha value is -2.58. The lowest BCUT2D eigenvalue weighted by atomic mass is 10.1. The van der Waals surface area contributed by atoms with E-state index < -0.39 is 0 Å². The highest BCUT2D eigenvalue weighted by Crippen LogP contribution is 2.28. The number of rotatable bonds is 5. The first kappa shape index (κ1) is 16.9. The van der Waals surface area contributed by atoms with Crippen LogP contribution in [0.15, 0.2) is 35.0 Å². The van der Waals surface area contributed by atoms with Crippen molar-refractivity contribution in [2.24, 2.45) is 0 Å². The lowest BCUT2D eigenvalue weighted by Crippen LogP contribution is -2.27. The molecule has 4 rings (SSSR count). The van der Waals surface area contributed by atoms with Crippen LogP contribution in [0.25, 0.3) is 22.2 Å². The molecule has 0 spiro atoms. The van der Waals surface area contributed by atoms with Crippen LogP contribution in [0, 0.1) is 13.8 Å². The van der Waals surface area contributed by atoms with Crippen molar-refractivity contribution in [1.29, 1.82) is 0 Å². The van der Waals surface area contributed by atoms with Gasteiger partial charge in [-0.25, -0.2) is 0 Å². The number of carbonyl (C=O) groups excluding carboxylic acids is 1. The molecule has 26 heavy (non-hydrogen) atoms. The fourth-order valence-corrected chi connectivity index (χ4v) is 4.20. The topological polar surface area (TPSA) is 72.7 Å². The van der Waals surface area contributed by atoms with Crippen LogP contribution in [0.4, 0.5) is 0 Å². The smallest absolute Gasteiger partial charge is 0.251 e. The zero-order valence-corrected chi connectivity index (χ0v) is 16.0. The summed E-state index contributed by atoms with van der Waals surface area (Å²) in [6, 6.07) is 7.47. The summed E-state index contributed by atoms with van der Waals surface area (Å²) >= 11 is 2.83. The molecule has 0 saturated carbocycles. The molecule has 0 fully saturated rings. The highest BCUT2D eigenvalue weighted by atomic mass is 32.1. The van der Waals surface area contributed by atoms with E-state index in [2.05, 4.69) is 42.9 Å². The predicted octanol–water partition coefficient (Wildman–Crippen LogP) is 3.66. The van der Waals surface area contributed by atoms with Gasteiger partial charge in [-0.15, -0.1) is 0 Å². The number of benzene rings is 1. The summed E-state index contributed by atoms with van der Waals surface area (Å²) in [7, 11) is 0. The van der Waals surface area contributed by atoms with Crippen LogP contribution in [0.5, 0.6) is 0 Å². The molecule has 8 heteroatoms. The van der Waals surface area contributed by atoms with Gasteiger partial charge in [0.05, 0.1) is 24.0 Å². The van der Waals surface area contributed by atoms with Crippen molar-refractivity contribution in [3.05, 3.63) is 52.0 Å². The van der Waals surface area contributed by atoms with Gasteiger partial charge in [-0.1, -0.05) is 0 Å². The predicted molar refractivity (Wildman–Crippen MR) is 105 cm³/mol. The van der Waals surface area contributed by atoms with E-state index in [-0.39, 0.29) is 5.91 Å². The Morgan fingerprint density at radius 3 is 2.85 bits per heavy atom. The minimum Gasteiger partial charge on any atom is -0.350 e. The first-order valence-electron chi connectivity index (χ1n) is 8.20. The molecule has 1 amide bonds. The highest BCUT2D eigenvalue weighted by Gasteiger charge is 2.14. The molecule has 0 unspecified atom stereocenters. The summed E-state index contributed by atoms with van der Waals surface area (Å²) in [6.45, 7) is 5.23. The van der Waals surface area contributed by atoms with E-state index in [1.54, 1.807) is 23.5 Å². The normalized spacial score (nSPS) is 11.2. The van der Waals surface area contributed by atoms with E-state index in [1.165, 1.54) is 11.1 Å². The Morgan fingerprint density at radius 2 is 2.04 bits per heavy atom. The van der Waals surface area contributed by atoms with Gasteiger partial charge in [0.15, 0.2) is 0 Å². The molecule has 3 aromatic heterocycles. The van der Waals surface area contributed by atoms with Crippen molar-refractivity contribution < 1.29 is 4.79 Å². The molecule has 0 aliphatic rings. The molecule has 0 radical (unpaired) electrons. The van der Waals surface area contributed by atoms with Gasteiger partial charge in [0.1, 0.15) is 11.0 Å². The number of amides is 1. The number of fused-ring (bicyclic) bond motifs is 1. The van der Waals surface area contributed by atoms with Crippen molar-refractivity contribution in [1.82, 2.24) is 23.8 Å². The molecule has 3 heterocycles. The fourth-order valence-electron chi connectivity index (χ4n) is 3.04. The van der Waals surface area contributed by atoms with E-state index in [0.717, 1.165) is 34.1 Å². The van der Waals surface area contributed by atoms with Gasteiger partial charge >= 0.3 is 0 Å². The third kappa shape index (κ3) is 3.13. The second-order valence-corrected chi connectivity index (χ2v) is 7.31. The zero-order valence-electron chi connectivity index (χ0n) is 14.4. The third-order valence-electron chi connectivity index (χ3n) is 4.32. The summed E-state index contributed by atoms with van der Waals surface area (Å²) in [5.74, 6) is -0.112. The van der Waals surface area contributed by atoms with E-state index in [0.29, 0.717) is 18.7 Å². The van der Waals surface area contributed by atoms with Crippen molar-refractivity contribution in [3.63, 3.8) is 0 Å². The molecular formula is C18H17N5OS2. The number of aryl methyl sites for hydroxylation is 1. The maximum atomic E-state index is 12.4. The quantitative estimate of drug-likeness (QED) is 0.571. The Balaban J connectivity index is 1.43. The van der Waals surface area contributed by atoms with Gasteiger partial charge in [0, 0.05) is 23.4 Å². The van der Waals surface area contributed by atoms with Gasteiger partial charge in [0.25, 0.3) is 5.91 Å². The van der Waals surface area contributed by atoms with E-state index in [9.17, 15) is 4.79 Å². The Morgan fingerprint density at radius 1 is 1.19 bits per heavy atom. The average molecular weight is 384 g/mol. The number of hydrogen-bond donors (Lipinski definition) is 1. The number of nitrogens with one attached hydrogen (secondary N) is 1. The summed E-state index contributed by atoms with van der Waals surface area (Å²) in [5, 5.41) is 11.8. The monoisotopic (exact) mass is 383 g/mol. The number of thiophene rings is 1. The van der Waals surface area contributed by atoms with Crippen LogP contribution < -0.4 is 5.32 Å². The molecular weight excluding hydrogens is 366 g/mol. The Kier molecular flexibility index (Phi) is 4.52. The minimum absolute atomic E-state index is 0.112. The molecule has 1 aromatic carbocycles. The second-order valence-electron chi connectivity index (χ2n) is 6.00. The van der Waals surface area contributed by atoms with E-state index in [4.69, 9.17) is 0 Å². The fraction of sp³-hybridized carbons (Fsp3) is 0.222. The summed E-state index contributed by atoms with van der Waals surface area (Å²) < 4.78 is 10.3. The van der Waals surface area contributed by atoms with Gasteiger partial charge in [-0.2, -0.15) is 25.2 Å². The lowest BCUT2D eigenvalue weighted by Gasteiger charge is -2.07. The summed E-state index contributed by atoms with van der Waals surface area (Å²) in [5.41, 5.74) is 6.66. The lowest BCUT2D eigenvalue weighted by molar-refractivity contribution is 0.0952. The maximum absolute atomic E-state index is 12.4. The second kappa shape index (κ2) is 6.97. The van der Waals surface area contributed by atoms with Crippen LogP contribution in [0.3, 0.4) is 0 Å². The SMILES string of the molecule is Cc1nn(CCNC(=O)c2ccc3nsnc3c2)c(C)c1-c1ccsc1. The summed E-state index contributed by atoms with van der Waals surface area (Å²) in [4.78, 5) is 12.4. The van der Waals surface area contributed by atoms with Crippen LogP contribution in [-0.4, -0.2) is 31.0 Å². The maximum Gasteiger partial charge on any atom is 0.251 e. The van der Waals surface area contributed by atoms with Crippen molar-refractivity contribution in [2.45, 2.75) is 20.4 Å². The van der Waals surface area contributed by atoms with E-state index >= 15 is 0 Å². The number of hydrogen-bond acceptors (Lipinski definition) is 6. The van der Waals surface area contributed by atoms with Crippen LogP contribution in [0.2, 0.25) is 0 Å². The summed E-state index contributed by atoms with van der Waals surface area (Å²) in [6.07, 6.45) is 0. The van der Waals surface area contributed by atoms with Gasteiger partial charge in [0.2, 0.25) is 0 Å². The van der Waals surface area contributed by atoms with Crippen LogP contribution in [0.1, 0.15) is 21.7 Å². The Bertz CT molecular complexity index is 1060. The molecule has 6 nitrogen and oxygen atoms in total. The molecule has 0 bridgehead atoms. The number of nitrogens with zero attached hydrogens (tertiary/aromatic N) is 4. The molecule has 0 aliphatic heterocycles. The molecule has 0 aliphatic carbocycles. The van der Waals surface area contributed by atoms with Crippen LogP contribution >= 0.6 is 23.1 Å². The largest absolute Gasteiger partial charge is 0.350 e. The molecule has 4 aromatic rings. The molecule has 132 valence electrons. The molecule has 1 N–H and O–H groups in total. The van der Waals surface area contributed by atoms with Crippen molar-refractivity contribution >= 4 is 40.0 Å². The number of carbonyl (C=O) groups is 1. The van der Waals surface area contributed by atoms with Crippen LogP contribution in [-0.2, 0) is 6.54 Å². The first-order valence-corrected chi connectivity index (χ1v) is 9.88. The van der Waals surface area contributed by atoms with Gasteiger partial charge in [-0.05, 0) is 54.4 Å². The van der Waals surface area contributed by atoms with Crippen molar-refractivity contribution in [2.75, 3.05) is 6.54 Å². The molecule has 0 atom stereocenters. The Labute approximate surface area is 158 Å². The minimum atomic E-state index is -0.112. The number of aromatic nitrogens is 4. The first-order chi connectivity index (χ1) is 12.6. The van der Waals surface area contributed by atoms with Gasteiger partial charge in [-0.3, -0.25) is 9.48 Å². The molecule has 0 saturated heterocycles. The highest BCUT2D eigenvalue weighted by molar-refractivity contribution is 7.08. The van der Waals surface area contributed by atoms with Gasteiger partial charge < -0.3 is 5.32 Å². The van der Waals surface area contributed by atoms with E-state index in [1.807, 2.05) is 17.7 Å². The average Bonchev–Trinajstić information content (AvgIpc) is 3.35. The van der Waals surface area contributed by atoms with Crippen molar-refractivity contribution in [3.8, 4) is 11.1 Å². The standard InChI is InChI=1S/C18H17N5OS2/c1-11-17(14-5-8-25-10-14)12(2)23(20-11)7-6-19-18(24)13-3-4-15-16(9-13)22-26-21-15/h3-5,8-10H,6-7H2,1-2H3,(H,19,24).